The molecule has 0 saturated carbocycles. The van der Waals surface area contributed by atoms with E-state index < -0.39 is 5.41 Å². The third kappa shape index (κ3) is 4.34. The smallest absolute Gasteiger partial charge is 0.164 e. The van der Waals surface area contributed by atoms with Crippen LogP contribution >= 0.6 is 0 Å². The van der Waals surface area contributed by atoms with E-state index in [-0.39, 0.29) is 0 Å². The van der Waals surface area contributed by atoms with Crippen molar-refractivity contribution in [1.82, 2.24) is 15.0 Å². The topological polar surface area (TPSA) is 51.8 Å². The molecule has 0 unspecified atom stereocenters. The first-order valence-electron chi connectivity index (χ1n) is 18.3. The van der Waals surface area contributed by atoms with Crippen molar-refractivity contribution in [1.29, 1.82) is 0 Å². The first-order chi connectivity index (χ1) is 26.8. The van der Waals surface area contributed by atoms with Gasteiger partial charge in [-0.25, -0.2) is 15.0 Å². The van der Waals surface area contributed by atoms with Crippen LogP contribution in [0.5, 0.6) is 0 Å². The Kier molecular flexibility index (Phi) is 6.73. The van der Waals surface area contributed by atoms with E-state index >= 15 is 0 Å². The van der Waals surface area contributed by atoms with E-state index in [9.17, 15) is 0 Å². The fourth-order valence-corrected chi connectivity index (χ4v) is 8.81. The molecule has 252 valence electrons. The maximum Gasteiger partial charge on any atom is 0.164 e. The van der Waals surface area contributed by atoms with Crippen LogP contribution in [0.2, 0.25) is 0 Å². The second-order valence-corrected chi connectivity index (χ2v) is 13.8. The summed E-state index contributed by atoms with van der Waals surface area (Å²) in [5.41, 5.74) is 13.5. The summed E-state index contributed by atoms with van der Waals surface area (Å²) < 4.78 is 7.19. The largest absolute Gasteiger partial charge is 0.455 e. The summed E-state index contributed by atoms with van der Waals surface area (Å²) in [4.78, 5) is 15.7. The minimum absolute atomic E-state index is 0.630. The van der Waals surface area contributed by atoms with Crippen molar-refractivity contribution in [2.45, 2.75) is 5.41 Å². The zero-order valence-corrected chi connectivity index (χ0v) is 29.1. The molecule has 0 radical (unpaired) electrons. The molecule has 4 nitrogen and oxygen atoms in total. The van der Waals surface area contributed by atoms with Crippen LogP contribution in [0.4, 0.5) is 0 Å². The van der Waals surface area contributed by atoms with Crippen molar-refractivity contribution in [2.75, 3.05) is 0 Å². The average molecular weight is 690 g/mol. The summed E-state index contributed by atoms with van der Waals surface area (Å²) in [6.45, 7) is 0. The van der Waals surface area contributed by atoms with Crippen LogP contribution in [0.1, 0.15) is 22.3 Å². The second-order valence-electron chi connectivity index (χ2n) is 13.8. The van der Waals surface area contributed by atoms with Crippen LogP contribution in [-0.4, -0.2) is 15.0 Å². The maximum absolute atomic E-state index is 7.19. The number of aromatic nitrogens is 3. The maximum atomic E-state index is 7.19. The zero-order chi connectivity index (χ0) is 35.6. The van der Waals surface area contributed by atoms with Gasteiger partial charge < -0.3 is 4.42 Å². The van der Waals surface area contributed by atoms with Crippen molar-refractivity contribution in [2.24, 2.45) is 0 Å². The van der Waals surface area contributed by atoms with E-state index in [1.807, 2.05) is 36.4 Å². The lowest BCUT2D eigenvalue weighted by atomic mass is 9.68. The molecule has 0 atom stereocenters. The van der Waals surface area contributed by atoms with Gasteiger partial charge in [0.1, 0.15) is 11.5 Å². The fraction of sp³-hybridized carbons (Fsp3) is 0.0200. The molecule has 2 aromatic heterocycles. The molecule has 0 fully saturated rings. The van der Waals surface area contributed by atoms with Gasteiger partial charge in [0, 0.05) is 38.9 Å². The highest BCUT2D eigenvalue weighted by molar-refractivity contribution is 6.04. The Morgan fingerprint density at radius 2 is 0.722 bits per heavy atom. The van der Waals surface area contributed by atoms with Gasteiger partial charge >= 0.3 is 0 Å². The van der Waals surface area contributed by atoms with E-state index in [2.05, 4.69) is 152 Å². The first kappa shape index (κ1) is 30.5. The number of nitrogens with zero attached hydrogens (tertiary/aromatic N) is 3. The predicted octanol–water partition coefficient (Wildman–Crippen LogP) is 12.1. The lowest BCUT2D eigenvalue weighted by molar-refractivity contribution is 0.588. The summed E-state index contributed by atoms with van der Waals surface area (Å²) in [5, 5.41) is 0. The van der Waals surface area contributed by atoms with Crippen LogP contribution in [0.15, 0.2) is 192 Å². The molecule has 54 heavy (non-hydrogen) atoms. The predicted molar refractivity (Wildman–Crippen MR) is 216 cm³/mol. The van der Waals surface area contributed by atoms with Gasteiger partial charge in [0.05, 0.1) is 5.41 Å². The molecule has 9 aromatic rings. The summed E-state index contributed by atoms with van der Waals surface area (Å²) in [7, 11) is 0. The molecule has 0 aliphatic heterocycles. The molecule has 2 heterocycles. The highest BCUT2D eigenvalue weighted by atomic mass is 16.3. The van der Waals surface area contributed by atoms with Crippen LogP contribution in [0.3, 0.4) is 0 Å². The summed E-state index contributed by atoms with van der Waals surface area (Å²) in [6.07, 6.45) is 0. The average Bonchev–Trinajstić information content (AvgIpc) is 3.90. The van der Waals surface area contributed by atoms with Crippen LogP contribution in [0, 0.1) is 0 Å². The highest BCUT2D eigenvalue weighted by Crippen LogP contribution is 2.68. The molecular formula is C50H31N3O. The number of hydrogen-bond acceptors (Lipinski definition) is 4. The molecule has 0 N–H and O–H groups in total. The van der Waals surface area contributed by atoms with E-state index in [0.717, 1.165) is 61.6 Å². The van der Waals surface area contributed by atoms with Gasteiger partial charge in [-0.1, -0.05) is 188 Å². The lowest BCUT2D eigenvalue weighted by Gasteiger charge is -2.32. The Hall–Kier alpha value is -7.17. The van der Waals surface area contributed by atoms with E-state index in [0.29, 0.717) is 17.5 Å². The zero-order valence-electron chi connectivity index (χ0n) is 29.1. The highest BCUT2D eigenvalue weighted by Gasteiger charge is 2.56. The number of furan rings is 1. The number of rotatable bonds is 5. The summed E-state index contributed by atoms with van der Waals surface area (Å²) in [6, 6.07) is 65.7. The van der Waals surface area contributed by atoms with Gasteiger partial charge in [0.2, 0.25) is 0 Å². The molecular weight excluding hydrogens is 659 g/mol. The van der Waals surface area contributed by atoms with Crippen molar-refractivity contribution in [3.63, 3.8) is 0 Å². The van der Waals surface area contributed by atoms with E-state index in [1.165, 1.54) is 22.3 Å². The summed E-state index contributed by atoms with van der Waals surface area (Å²) >= 11 is 0. The molecule has 7 aromatic carbocycles. The monoisotopic (exact) mass is 689 g/mol. The molecule has 4 heteroatoms. The lowest BCUT2D eigenvalue weighted by Crippen LogP contribution is -2.27. The van der Waals surface area contributed by atoms with Gasteiger partial charge in [-0.05, 0) is 33.4 Å². The van der Waals surface area contributed by atoms with E-state index in [1.54, 1.807) is 0 Å². The van der Waals surface area contributed by atoms with Crippen LogP contribution in [-0.2, 0) is 5.41 Å². The fourth-order valence-electron chi connectivity index (χ4n) is 8.81. The molecule has 11 rings (SSSR count). The quantitative estimate of drug-likeness (QED) is 0.180. The molecule has 2 aliphatic carbocycles. The van der Waals surface area contributed by atoms with Gasteiger partial charge in [0.15, 0.2) is 17.5 Å². The van der Waals surface area contributed by atoms with Gasteiger partial charge in [-0.2, -0.15) is 0 Å². The van der Waals surface area contributed by atoms with Gasteiger partial charge in [0.25, 0.3) is 0 Å². The van der Waals surface area contributed by atoms with Crippen LogP contribution < -0.4 is 0 Å². The SMILES string of the molecule is c1ccc(-c2nc(-c3ccccc3)nc(-c3cccc4c3C3(c5ccccc5-c5ccccc53)c3c(-c5ccccc5)oc(-c5ccccc5)c3-4)n2)cc1. The Labute approximate surface area is 313 Å². The normalized spacial score (nSPS) is 13.0. The Morgan fingerprint density at radius 3 is 1.26 bits per heavy atom. The molecule has 1 spiro atoms. The Balaban J connectivity index is 1.31. The number of hydrogen-bond donors (Lipinski definition) is 0. The number of benzene rings is 7. The standard InChI is InChI=1S/C50H31N3O/c1-5-18-32(19-6-1)45-42-38-28-17-29-39(49-52-47(34-22-9-3-10-23-34)51-48(53-49)35-24-11-4-12-25-35)43(38)50(44(42)46(54-45)33-20-7-2-8-21-33)40-30-15-13-26-36(40)37-27-14-16-31-41(37)50/h1-31H. The number of fused-ring (bicyclic) bond motifs is 10. The van der Waals surface area contributed by atoms with Crippen molar-refractivity contribution in [3.05, 3.63) is 210 Å². The summed E-state index contributed by atoms with van der Waals surface area (Å²) in [5.74, 6) is 3.61. The molecule has 2 aliphatic rings. The van der Waals surface area contributed by atoms with Crippen molar-refractivity contribution in [3.8, 4) is 79.1 Å². The van der Waals surface area contributed by atoms with E-state index in [4.69, 9.17) is 19.4 Å². The first-order valence-corrected chi connectivity index (χ1v) is 18.3. The van der Waals surface area contributed by atoms with Gasteiger partial charge in [-0.15, -0.1) is 0 Å². The Bertz CT molecular complexity index is 2760. The minimum Gasteiger partial charge on any atom is -0.455 e. The Morgan fingerprint density at radius 1 is 0.315 bits per heavy atom. The van der Waals surface area contributed by atoms with Gasteiger partial charge in [-0.3, -0.25) is 0 Å². The third-order valence-corrected chi connectivity index (χ3v) is 11.0. The van der Waals surface area contributed by atoms with Crippen LogP contribution in [0.25, 0.3) is 79.1 Å². The molecule has 0 amide bonds. The minimum atomic E-state index is -0.734. The third-order valence-electron chi connectivity index (χ3n) is 11.0. The van der Waals surface area contributed by atoms with Crippen molar-refractivity contribution < 1.29 is 4.42 Å². The molecule has 0 saturated heterocycles. The van der Waals surface area contributed by atoms with Crippen molar-refractivity contribution >= 4 is 0 Å². The second kappa shape index (κ2) is 11.9. The molecule has 0 bridgehead atoms.